The van der Waals surface area contributed by atoms with Gasteiger partial charge in [-0.2, -0.15) is 0 Å². The molecule has 1 N–H and O–H groups in total. The summed E-state index contributed by atoms with van der Waals surface area (Å²) >= 11 is 1.60. The van der Waals surface area contributed by atoms with Gasteiger partial charge in [-0.25, -0.2) is 4.79 Å². The summed E-state index contributed by atoms with van der Waals surface area (Å²) in [6.45, 7) is 0.587. The summed E-state index contributed by atoms with van der Waals surface area (Å²) in [4.78, 5) is 40.7. The van der Waals surface area contributed by atoms with E-state index in [2.05, 4.69) is 5.32 Å². The first-order chi connectivity index (χ1) is 13.6. The summed E-state index contributed by atoms with van der Waals surface area (Å²) in [5.41, 5.74) is 0.222. The highest BCUT2D eigenvalue weighted by molar-refractivity contribution is 7.10. The fourth-order valence-electron chi connectivity index (χ4n) is 4.14. The minimum atomic E-state index is -1.03. The van der Waals surface area contributed by atoms with Crippen LogP contribution in [0.4, 0.5) is 4.79 Å². The van der Waals surface area contributed by atoms with E-state index >= 15 is 0 Å². The molecule has 3 aliphatic rings. The van der Waals surface area contributed by atoms with Gasteiger partial charge in [-0.3, -0.25) is 14.5 Å². The third kappa shape index (κ3) is 2.51. The maximum Gasteiger partial charge on any atom is 0.325 e. The normalized spacial score (nSPS) is 22.9. The molecule has 0 saturated carbocycles. The minimum Gasteiger partial charge on any atom is -0.486 e. The molecule has 1 spiro atoms. The monoisotopic (exact) mass is 398 g/mol. The standard InChI is InChI=1S/C20H18N2O5S/c23-14(12-3-4-15-16(10-12)27-8-7-26-15)11-22-18(24)20(21-19(22)25)6-1-2-17-13(20)5-9-28-17/h3-5,9-10H,1-2,6-8,11H2,(H,21,25)/t20-/m1/s1. The number of ketones is 1. The van der Waals surface area contributed by atoms with Gasteiger partial charge in [0.25, 0.3) is 5.91 Å². The zero-order chi connectivity index (χ0) is 19.3. The van der Waals surface area contributed by atoms with E-state index in [-0.39, 0.29) is 18.2 Å². The van der Waals surface area contributed by atoms with E-state index in [4.69, 9.17) is 9.47 Å². The third-order valence-electron chi connectivity index (χ3n) is 5.50. The van der Waals surface area contributed by atoms with Crippen molar-refractivity contribution >= 4 is 29.1 Å². The minimum absolute atomic E-state index is 0.300. The Labute approximate surface area is 165 Å². The number of hydrogen-bond donors (Lipinski definition) is 1. The zero-order valence-corrected chi connectivity index (χ0v) is 15.8. The molecular weight excluding hydrogens is 380 g/mol. The summed E-state index contributed by atoms with van der Waals surface area (Å²) in [7, 11) is 0. The van der Waals surface area contributed by atoms with Crippen LogP contribution in [0.1, 0.15) is 33.6 Å². The van der Waals surface area contributed by atoms with Crippen molar-refractivity contribution in [3.63, 3.8) is 0 Å². The summed E-state index contributed by atoms with van der Waals surface area (Å²) in [6.07, 6.45) is 2.29. The fraction of sp³-hybridized carbons (Fsp3) is 0.350. The van der Waals surface area contributed by atoms with Crippen LogP contribution in [0.2, 0.25) is 0 Å². The van der Waals surface area contributed by atoms with Crippen LogP contribution in [0.5, 0.6) is 11.5 Å². The summed E-state index contributed by atoms with van der Waals surface area (Å²) < 4.78 is 11.0. The van der Waals surface area contributed by atoms with Crippen LogP contribution in [-0.2, 0) is 16.8 Å². The van der Waals surface area contributed by atoms with Crippen LogP contribution in [0.15, 0.2) is 29.6 Å². The van der Waals surface area contributed by atoms with Crippen LogP contribution in [0.3, 0.4) is 0 Å². The molecule has 28 heavy (non-hydrogen) atoms. The summed E-state index contributed by atoms with van der Waals surface area (Å²) in [5.74, 6) is 0.423. The van der Waals surface area contributed by atoms with Gasteiger partial charge in [-0.15, -0.1) is 11.3 Å². The maximum atomic E-state index is 13.2. The molecule has 1 atom stereocenters. The molecule has 1 aromatic carbocycles. The van der Waals surface area contributed by atoms with Crippen LogP contribution in [0.25, 0.3) is 0 Å². The first-order valence-electron chi connectivity index (χ1n) is 9.22. The van der Waals surface area contributed by atoms with Crippen molar-refractivity contribution in [3.05, 3.63) is 45.6 Å². The molecule has 2 aromatic rings. The number of rotatable bonds is 3. The molecule has 0 unspecified atom stereocenters. The number of urea groups is 1. The van der Waals surface area contributed by atoms with E-state index in [1.165, 1.54) is 0 Å². The number of benzene rings is 1. The average Bonchev–Trinajstić information content (AvgIpc) is 3.28. The molecule has 2 aliphatic heterocycles. The number of carbonyl (C=O) groups excluding carboxylic acids is 3. The first-order valence-corrected chi connectivity index (χ1v) is 10.1. The van der Waals surface area contributed by atoms with Gasteiger partial charge in [0.15, 0.2) is 17.3 Å². The largest absolute Gasteiger partial charge is 0.486 e. The lowest BCUT2D eigenvalue weighted by molar-refractivity contribution is -0.131. The van der Waals surface area contributed by atoms with Crippen LogP contribution >= 0.6 is 11.3 Å². The Balaban J connectivity index is 1.40. The molecule has 7 nitrogen and oxygen atoms in total. The van der Waals surface area contributed by atoms with E-state index in [1.54, 1.807) is 29.5 Å². The predicted octanol–water partition coefficient (Wildman–Crippen LogP) is 2.49. The molecule has 5 rings (SSSR count). The second kappa shape index (κ2) is 6.34. The Morgan fingerprint density at radius 3 is 2.86 bits per heavy atom. The van der Waals surface area contributed by atoms with E-state index in [0.29, 0.717) is 36.7 Å². The molecule has 8 heteroatoms. The van der Waals surface area contributed by atoms with Crippen LogP contribution in [-0.4, -0.2) is 42.4 Å². The Bertz CT molecular complexity index is 1000. The van der Waals surface area contributed by atoms with Crippen molar-refractivity contribution in [2.24, 2.45) is 0 Å². The van der Waals surface area contributed by atoms with Gasteiger partial charge in [-0.05, 0) is 48.9 Å². The van der Waals surface area contributed by atoms with Crippen molar-refractivity contribution in [2.45, 2.75) is 24.8 Å². The Morgan fingerprint density at radius 2 is 2.00 bits per heavy atom. The molecular formula is C20H18N2O5S. The molecule has 3 heterocycles. The van der Waals surface area contributed by atoms with Crippen molar-refractivity contribution in [2.75, 3.05) is 19.8 Å². The molecule has 0 radical (unpaired) electrons. The molecule has 1 fully saturated rings. The molecule has 144 valence electrons. The summed E-state index contributed by atoms with van der Waals surface area (Å²) in [6, 6.07) is 6.29. The Hall–Kier alpha value is -2.87. The summed E-state index contributed by atoms with van der Waals surface area (Å²) in [5, 5.41) is 4.81. The quantitative estimate of drug-likeness (QED) is 0.634. The number of hydrogen-bond acceptors (Lipinski definition) is 6. The van der Waals surface area contributed by atoms with Crippen molar-refractivity contribution in [1.29, 1.82) is 0 Å². The Kier molecular flexibility index (Phi) is 3.90. The average molecular weight is 398 g/mol. The lowest BCUT2D eigenvalue weighted by Gasteiger charge is -2.31. The van der Waals surface area contributed by atoms with Gasteiger partial charge in [0, 0.05) is 16.0 Å². The zero-order valence-electron chi connectivity index (χ0n) is 15.0. The Morgan fingerprint density at radius 1 is 1.18 bits per heavy atom. The number of thiophene rings is 1. The number of nitrogens with zero attached hydrogens (tertiary/aromatic N) is 1. The number of ether oxygens (including phenoxy) is 2. The van der Waals surface area contributed by atoms with Gasteiger partial charge in [-0.1, -0.05) is 0 Å². The maximum absolute atomic E-state index is 13.2. The third-order valence-corrected chi connectivity index (χ3v) is 6.48. The number of nitrogens with one attached hydrogen (secondary N) is 1. The van der Waals surface area contributed by atoms with Gasteiger partial charge in [0.1, 0.15) is 18.8 Å². The molecule has 1 aliphatic carbocycles. The number of Topliss-reactive ketones (excluding diaryl/α,β-unsaturated/α-hetero) is 1. The molecule has 1 aromatic heterocycles. The molecule has 0 bridgehead atoms. The van der Waals surface area contributed by atoms with Crippen molar-refractivity contribution < 1.29 is 23.9 Å². The predicted molar refractivity (Wildman–Crippen MR) is 101 cm³/mol. The highest BCUT2D eigenvalue weighted by Crippen LogP contribution is 2.42. The van der Waals surface area contributed by atoms with Gasteiger partial charge < -0.3 is 14.8 Å². The lowest BCUT2D eigenvalue weighted by atomic mass is 9.80. The lowest BCUT2D eigenvalue weighted by Crippen LogP contribution is -2.46. The highest BCUT2D eigenvalue weighted by Gasteiger charge is 2.54. The van der Waals surface area contributed by atoms with E-state index < -0.39 is 11.6 Å². The second-order valence-corrected chi connectivity index (χ2v) is 8.12. The fourth-order valence-corrected chi connectivity index (χ4v) is 5.14. The van der Waals surface area contributed by atoms with E-state index in [1.807, 2.05) is 11.4 Å². The SMILES string of the molecule is O=C(CN1C(=O)N[C@@]2(CCCc3sccc32)C1=O)c1ccc2c(c1)OCCO2. The molecule has 3 amide bonds. The highest BCUT2D eigenvalue weighted by atomic mass is 32.1. The van der Waals surface area contributed by atoms with E-state index in [0.717, 1.165) is 28.2 Å². The van der Waals surface area contributed by atoms with Crippen molar-refractivity contribution in [3.8, 4) is 11.5 Å². The van der Waals surface area contributed by atoms with Gasteiger partial charge >= 0.3 is 6.03 Å². The van der Waals surface area contributed by atoms with E-state index in [9.17, 15) is 14.4 Å². The van der Waals surface area contributed by atoms with Crippen LogP contribution in [0, 0.1) is 0 Å². The van der Waals surface area contributed by atoms with Crippen molar-refractivity contribution in [1.82, 2.24) is 10.2 Å². The smallest absolute Gasteiger partial charge is 0.325 e. The number of fused-ring (bicyclic) bond motifs is 3. The van der Waals surface area contributed by atoms with Gasteiger partial charge in [0.05, 0.1) is 6.54 Å². The first kappa shape index (κ1) is 17.2. The second-order valence-electron chi connectivity index (χ2n) is 7.12. The number of aryl methyl sites for hydroxylation is 1. The van der Waals surface area contributed by atoms with Crippen LogP contribution < -0.4 is 14.8 Å². The topological polar surface area (TPSA) is 84.9 Å². The molecule has 1 saturated heterocycles. The van der Waals surface area contributed by atoms with Gasteiger partial charge in [0.2, 0.25) is 0 Å². The number of carbonyl (C=O) groups is 3. The number of imide groups is 1. The number of amides is 3.